The van der Waals surface area contributed by atoms with E-state index in [0.717, 1.165) is 5.69 Å². The molecule has 1 aromatic carbocycles. The molecule has 18 heavy (non-hydrogen) atoms. The fourth-order valence-corrected chi connectivity index (χ4v) is 2.37. The lowest BCUT2D eigenvalue weighted by Crippen LogP contribution is -2.30. The zero-order chi connectivity index (χ0) is 13.7. The van der Waals surface area contributed by atoms with Gasteiger partial charge in [-0.05, 0) is 32.2 Å². The highest BCUT2D eigenvalue weighted by Gasteiger charge is 2.16. The molecule has 0 saturated carbocycles. The first kappa shape index (κ1) is 14.8. The Morgan fingerprint density at radius 1 is 1.56 bits per heavy atom. The lowest BCUT2D eigenvalue weighted by molar-refractivity contribution is -0.385. The van der Waals surface area contributed by atoms with Crippen molar-refractivity contribution >= 4 is 23.1 Å². The fraction of sp³-hybridized carbons (Fsp3) is 0.500. The maximum atomic E-state index is 10.7. The summed E-state index contributed by atoms with van der Waals surface area (Å²) in [5.41, 5.74) is 1.58. The van der Waals surface area contributed by atoms with Gasteiger partial charge in [0.25, 0.3) is 5.69 Å². The Morgan fingerprint density at radius 2 is 2.22 bits per heavy atom. The second-order valence-electron chi connectivity index (χ2n) is 4.15. The van der Waals surface area contributed by atoms with E-state index in [4.69, 9.17) is 0 Å². The minimum Gasteiger partial charge on any atom is -0.395 e. The molecule has 1 rings (SSSR count). The van der Waals surface area contributed by atoms with Gasteiger partial charge in [-0.2, -0.15) is 11.8 Å². The average molecular weight is 270 g/mol. The van der Waals surface area contributed by atoms with E-state index in [1.807, 2.05) is 13.2 Å². The number of aliphatic hydroxyl groups is 1. The van der Waals surface area contributed by atoms with Crippen molar-refractivity contribution in [2.45, 2.75) is 25.1 Å². The van der Waals surface area contributed by atoms with Crippen LogP contribution in [0.5, 0.6) is 0 Å². The molecule has 2 N–H and O–H groups in total. The van der Waals surface area contributed by atoms with Gasteiger partial charge in [-0.1, -0.05) is 0 Å². The number of rotatable bonds is 6. The van der Waals surface area contributed by atoms with E-state index in [-0.39, 0.29) is 28.5 Å². The highest BCUT2D eigenvalue weighted by atomic mass is 32.2. The molecule has 0 fully saturated rings. The number of thioether (sulfide) groups is 1. The normalized spacial score (nSPS) is 14.0. The Balaban J connectivity index is 2.80. The molecular formula is C12H18N2O3S. The first-order valence-electron chi connectivity index (χ1n) is 5.64. The van der Waals surface area contributed by atoms with Gasteiger partial charge < -0.3 is 10.4 Å². The minimum absolute atomic E-state index is 0.0888. The largest absolute Gasteiger partial charge is 0.395 e. The van der Waals surface area contributed by atoms with Crippen molar-refractivity contribution in [3.05, 3.63) is 33.9 Å². The van der Waals surface area contributed by atoms with Gasteiger partial charge in [0.05, 0.1) is 11.5 Å². The molecule has 100 valence electrons. The molecule has 2 atom stereocenters. The molecular weight excluding hydrogens is 252 g/mol. The second kappa shape index (κ2) is 6.61. The lowest BCUT2D eigenvalue weighted by Gasteiger charge is -2.22. The monoisotopic (exact) mass is 270 g/mol. The summed E-state index contributed by atoms with van der Waals surface area (Å²) >= 11 is 1.59. The van der Waals surface area contributed by atoms with Gasteiger partial charge in [0.2, 0.25) is 0 Å². The Morgan fingerprint density at radius 3 is 2.67 bits per heavy atom. The first-order chi connectivity index (χ1) is 8.49. The molecule has 0 spiro atoms. The number of aliphatic hydroxyl groups excluding tert-OH is 1. The van der Waals surface area contributed by atoms with E-state index in [0.29, 0.717) is 5.56 Å². The topological polar surface area (TPSA) is 75.4 Å². The Bertz CT molecular complexity index is 422. The van der Waals surface area contributed by atoms with Crippen LogP contribution in [0.25, 0.3) is 0 Å². The van der Waals surface area contributed by atoms with Crippen LogP contribution in [0.15, 0.2) is 18.2 Å². The highest BCUT2D eigenvalue weighted by Crippen LogP contribution is 2.23. The summed E-state index contributed by atoms with van der Waals surface area (Å²) in [5, 5.41) is 23.2. The third-order valence-corrected chi connectivity index (χ3v) is 3.99. The van der Waals surface area contributed by atoms with Crippen LogP contribution in [0.4, 0.5) is 11.4 Å². The summed E-state index contributed by atoms with van der Waals surface area (Å²) in [6.45, 7) is 3.79. The summed E-state index contributed by atoms with van der Waals surface area (Å²) < 4.78 is 0. The molecule has 0 heterocycles. The zero-order valence-corrected chi connectivity index (χ0v) is 11.5. The SMILES string of the molecule is CSC(CO)C(C)Nc1ccc([N+](=O)[O-])c(C)c1. The van der Waals surface area contributed by atoms with E-state index in [9.17, 15) is 15.2 Å². The number of hydrogen-bond donors (Lipinski definition) is 2. The van der Waals surface area contributed by atoms with Crippen LogP contribution < -0.4 is 5.32 Å². The van der Waals surface area contributed by atoms with Crippen molar-refractivity contribution in [1.82, 2.24) is 0 Å². The predicted octanol–water partition coefficient (Wildman–Crippen LogP) is 2.43. The van der Waals surface area contributed by atoms with Crippen LogP contribution in [0, 0.1) is 17.0 Å². The number of nitrogens with one attached hydrogen (secondary N) is 1. The average Bonchev–Trinajstić information content (AvgIpc) is 2.30. The molecule has 0 aliphatic heterocycles. The number of nitro benzene ring substituents is 1. The number of benzene rings is 1. The predicted molar refractivity (Wildman–Crippen MR) is 75.3 cm³/mol. The van der Waals surface area contributed by atoms with Gasteiger partial charge in [-0.3, -0.25) is 10.1 Å². The van der Waals surface area contributed by atoms with Gasteiger partial charge in [0.1, 0.15) is 0 Å². The molecule has 0 bridgehead atoms. The fourth-order valence-electron chi connectivity index (χ4n) is 1.74. The van der Waals surface area contributed by atoms with Gasteiger partial charge >= 0.3 is 0 Å². The van der Waals surface area contributed by atoms with Crippen molar-refractivity contribution in [3.8, 4) is 0 Å². The van der Waals surface area contributed by atoms with Crippen LogP contribution in [-0.2, 0) is 0 Å². The molecule has 5 nitrogen and oxygen atoms in total. The van der Waals surface area contributed by atoms with E-state index in [2.05, 4.69) is 5.32 Å². The number of nitro groups is 1. The van der Waals surface area contributed by atoms with Crippen molar-refractivity contribution in [3.63, 3.8) is 0 Å². The second-order valence-corrected chi connectivity index (χ2v) is 5.23. The van der Waals surface area contributed by atoms with Gasteiger partial charge in [-0.25, -0.2) is 0 Å². The van der Waals surface area contributed by atoms with E-state index in [1.54, 1.807) is 30.8 Å². The lowest BCUT2D eigenvalue weighted by atomic mass is 10.1. The van der Waals surface area contributed by atoms with Crippen LogP contribution in [0.2, 0.25) is 0 Å². The van der Waals surface area contributed by atoms with E-state index in [1.165, 1.54) is 6.07 Å². The van der Waals surface area contributed by atoms with Gasteiger partial charge in [0.15, 0.2) is 0 Å². The third kappa shape index (κ3) is 3.61. The standard InChI is InChI=1S/C12H18N2O3S/c1-8-6-10(4-5-11(8)14(16)17)13-9(2)12(7-15)18-3/h4-6,9,12-13,15H,7H2,1-3H3. The summed E-state index contributed by atoms with van der Waals surface area (Å²) in [5.74, 6) is 0. The van der Waals surface area contributed by atoms with Crippen molar-refractivity contribution in [2.75, 3.05) is 18.2 Å². The molecule has 1 aromatic rings. The Kier molecular flexibility index (Phi) is 5.43. The molecule has 2 unspecified atom stereocenters. The highest BCUT2D eigenvalue weighted by molar-refractivity contribution is 7.99. The number of nitrogens with zero attached hydrogens (tertiary/aromatic N) is 1. The summed E-state index contributed by atoms with van der Waals surface area (Å²) in [6.07, 6.45) is 1.94. The summed E-state index contributed by atoms with van der Waals surface area (Å²) in [4.78, 5) is 10.3. The van der Waals surface area contributed by atoms with Crippen LogP contribution in [0.1, 0.15) is 12.5 Å². The van der Waals surface area contributed by atoms with E-state index < -0.39 is 0 Å². The Labute approximate surface area is 111 Å². The molecule has 0 aliphatic carbocycles. The summed E-state index contributed by atoms with van der Waals surface area (Å²) in [7, 11) is 0. The zero-order valence-electron chi connectivity index (χ0n) is 10.7. The number of hydrogen-bond acceptors (Lipinski definition) is 5. The van der Waals surface area contributed by atoms with Gasteiger partial charge in [0, 0.05) is 28.6 Å². The van der Waals surface area contributed by atoms with Crippen molar-refractivity contribution in [1.29, 1.82) is 0 Å². The molecule has 0 saturated heterocycles. The van der Waals surface area contributed by atoms with Crippen LogP contribution in [-0.4, -0.2) is 34.2 Å². The van der Waals surface area contributed by atoms with E-state index >= 15 is 0 Å². The molecule has 0 aromatic heterocycles. The molecule has 0 radical (unpaired) electrons. The molecule has 0 aliphatic rings. The van der Waals surface area contributed by atoms with Crippen LogP contribution >= 0.6 is 11.8 Å². The van der Waals surface area contributed by atoms with Crippen molar-refractivity contribution in [2.24, 2.45) is 0 Å². The Hall–Kier alpha value is -1.27. The van der Waals surface area contributed by atoms with Crippen molar-refractivity contribution < 1.29 is 10.0 Å². The third-order valence-electron chi connectivity index (χ3n) is 2.83. The first-order valence-corrected chi connectivity index (χ1v) is 6.93. The summed E-state index contributed by atoms with van der Waals surface area (Å²) in [6, 6.07) is 5.03. The molecule has 6 heteroatoms. The maximum absolute atomic E-state index is 10.7. The minimum atomic E-state index is -0.388. The molecule has 0 amide bonds. The number of aryl methyl sites for hydroxylation is 1. The quantitative estimate of drug-likeness (QED) is 0.613. The maximum Gasteiger partial charge on any atom is 0.272 e. The van der Waals surface area contributed by atoms with Crippen LogP contribution in [0.3, 0.4) is 0 Å². The number of anilines is 1. The smallest absolute Gasteiger partial charge is 0.272 e. The van der Waals surface area contributed by atoms with Gasteiger partial charge in [-0.15, -0.1) is 0 Å².